The maximum Gasteiger partial charge on any atom is 0.302 e. The summed E-state index contributed by atoms with van der Waals surface area (Å²) in [6.07, 6.45) is 2.77. The number of hydrogen-bond donors (Lipinski definition) is 2. The molecule has 0 aromatic carbocycles. The van der Waals surface area contributed by atoms with E-state index in [1.165, 1.54) is 19.5 Å². The Morgan fingerprint density at radius 3 is 2.58 bits per heavy atom. The lowest BCUT2D eigenvalue weighted by Crippen LogP contribution is -2.31. The monoisotopic (exact) mass is 168 g/mol. The molecule has 0 radical (unpaired) electrons. The molecule has 3 N–H and O–H groups in total. The first-order valence-corrected chi connectivity index (χ1v) is 3.15. The van der Waals surface area contributed by atoms with Gasteiger partial charge in [-0.2, -0.15) is 0 Å². The third-order valence-corrected chi connectivity index (χ3v) is 1.20. The zero-order chi connectivity index (χ0) is 8.97. The molecule has 1 amide bonds. The highest BCUT2D eigenvalue weighted by molar-refractivity contribution is 5.89. The van der Waals surface area contributed by atoms with Crippen LogP contribution in [-0.2, 0) is 0 Å². The number of methoxy groups -OCH3 is 1. The molecular weight excluding hydrogens is 160 g/mol. The highest BCUT2D eigenvalue weighted by atomic mass is 16.5. The molecule has 0 fully saturated rings. The molecule has 6 nitrogen and oxygen atoms in total. The normalized spacial score (nSPS) is 9.17. The fraction of sp³-hybridized carbons (Fsp3) is 0.167. The van der Waals surface area contributed by atoms with E-state index in [4.69, 9.17) is 10.6 Å². The van der Waals surface area contributed by atoms with Crippen molar-refractivity contribution in [2.75, 3.05) is 7.11 Å². The number of nitrogen functional groups attached to an aromatic ring is 1. The van der Waals surface area contributed by atoms with Crippen molar-refractivity contribution in [2.45, 2.75) is 0 Å². The molecular formula is C6H8N4O2. The van der Waals surface area contributed by atoms with Crippen LogP contribution in [0.4, 0.5) is 0 Å². The number of hydrazine groups is 1. The Morgan fingerprint density at radius 1 is 1.58 bits per heavy atom. The minimum Gasteiger partial charge on any atom is -0.494 e. The van der Waals surface area contributed by atoms with Gasteiger partial charge in [0.25, 0.3) is 0 Å². The molecule has 0 saturated carbocycles. The van der Waals surface area contributed by atoms with Crippen LogP contribution in [0.15, 0.2) is 12.4 Å². The highest BCUT2D eigenvalue weighted by Gasteiger charge is 2.05. The van der Waals surface area contributed by atoms with Gasteiger partial charge in [0.15, 0.2) is 5.75 Å². The Morgan fingerprint density at radius 2 is 2.17 bits per heavy atom. The molecule has 6 heteroatoms. The molecule has 1 aromatic heterocycles. The van der Waals surface area contributed by atoms with Gasteiger partial charge in [-0.1, -0.05) is 0 Å². The summed E-state index contributed by atoms with van der Waals surface area (Å²) in [4.78, 5) is 18.2. The van der Waals surface area contributed by atoms with Gasteiger partial charge < -0.3 is 4.74 Å². The van der Waals surface area contributed by atoms with Gasteiger partial charge in [0, 0.05) is 0 Å². The molecule has 0 aliphatic heterocycles. The number of aromatic nitrogens is 2. The van der Waals surface area contributed by atoms with Gasteiger partial charge in [0.2, 0.25) is 5.82 Å². The van der Waals surface area contributed by atoms with Crippen molar-refractivity contribution in [3.63, 3.8) is 0 Å². The summed E-state index contributed by atoms with van der Waals surface area (Å²) in [6.45, 7) is 0. The predicted octanol–water partition coefficient (Wildman–Crippen LogP) is -0.911. The van der Waals surface area contributed by atoms with E-state index in [-0.39, 0.29) is 5.82 Å². The first-order chi connectivity index (χ1) is 5.77. The fourth-order valence-corrected chi connectivity index (χ4v) is 0.603. The number of carbonyl (C=O) groups excluding carboxylic acids is 1. The van der Waals surface area contributed by atoms with Crippen molar-refractivity contribution < 1.29 is 9.53 Å². The van der Waals surface area contributed by atoms with E-state index in [9.17, 15) is 4.79 Å². The molecule has 1 heterocycles. The zero-order valence-electron chi connectivity index (χ0n) is 6.44. The van der Waals surface area contributed by atoms with Crippen molar-refractivity contribution >= 4 is 5.91 Å². The zero-order valence-corrected chi connectivity index (χ0v) is 6.44. The Labute approximate surface area is 68.7 Å². The molecule has 0 saturated heterocycles. The van der Waals surface area contributed by atoms with Crippen molar-refractivity contribution in [1.82, 2.24) is 15.4 Å². The molecule has 1 aromatic rings. The fourth-order valence-electron chi connectivity index (χ4n) is 0.603. The smallest absolute Gasteiger partial charge is 0.302 e. The molecule has 12 heavy (non-hydrogen) atoms. The Hall–Kier alpha value is -1.69. The van der Waals surface area contributed by atoms with Crippen LogP contribution < -0.4 is 16.0 Å². The van der Waals surface area contributed by atoms with Crippen molar-refractivity contribution in [3.05, 3.63) is 18.2 Å². The van der Waals surface area contributed by atoms with Gasteiger partial charge in [0.05, 0.1) is 19.5 Å². The van der Waals surface area contributed by atoms with E-state index in [0.29, 0.717) is 5.75 Å². The average molecular weight is 168 g/mol. The molecule has 64 valence electrons. The summed E-state index contributed by atoms with van der Waals surface area (Å²) in [5, 5.41) is 0. The van der Waals surface area contributed by atoms with Gasteiger partial charge in [-0.15, -0.1) is 0 Å². The van der Waals surface area contributed by atoms with Crippen LogP contribution in [-0.4, -0.2) is 23.0 Å². The lowest BCUT2D eigenvalue weighted by molar-refractivity contribution is 0.0943. The Balaban J connectivity index is 2.84. The number of rotatable bonds is 2. The maximum absolute atomic E-state index is 10.8. The van der Waals surface area contributed by atoms with Crippen LogP contribution in [0.25, 0.3) is 0 Å². The molecule has 0 bridgehead atoms. The summed E-state index contributed by atoms with van der Waals surface area (Å²) in [7, 11) is 1.49. The molecule has 0 aliphatic carbocycles. The third-order valence-electron chi connectivity index (χ3n) is 1.20. The topological polar surface area (TPSA) is 90.1 Å². The van der Waals surface area contributed by atoms with Gasteiger partial charge in [-0.05, 0) is 0 Å². The lowest BCUT2D eigenvalue weighted by atomic mass is 10.5. The number of nitrogens with two attached hydrogens (primary N) is 1. The quantitative estimate of drug-likeness (QED) is 0.339. The summed E-state index contributed by atoms with van der Waals surface area (Å²) >= 11 is 0. The van der Waals surface area contributed by atoms with Gasteiger partial charge in [-0.25, -0.2) is 15.8 Å². The van der Waals surface area contributed by atoms with Gasteiger partial charge in [0.1, 0.15) is 0 Å². The van der Waals surface area contributed by atoms with E-state index in [1.807, 2.05) is 5.43 Å². The van der Waals surface area contributed by atoms with Crippen molar-refractivity contribution in [2.24, 2.45) is 5.84 Å². The maximum atomic E-state index is 10.8. The SMILES string of the molecule is COc1cnc(C(=O)NN)nc1. The second-order valence-corrected chi connectivity index (χ2v) is 1.92. The van der Waals surface area contributed by atoms with Crippen LogP contribution in [0.2, 0.25) is 0 Å². The van der Waals surface area contributed by atoms with Crippen molar-refractivity contribution in [1.29, 1.82) is 0 Å². The largest absolute Gasteiger partial charge is 0.494 e. The third kappa shape index (κ3) is 1.67. The number of ether oxygens (including phenoxy) is 1. The molecule has 0 aliphatic rings. The predicted molar refractivity (Wildman–Crippen MR) is 40.2 cm³/mol. The van der Waals surface area contributed by atoms with Crippen LogP contribution in [0.1, 0.15) is 10.6 Å². The highest BCUT2D eigenvalue weighted by Crippen LogP contribution is 2.03. The molecule has 0 atom stereocenters. The number of nitrogens with zero attached hydrogens (tertiary/aromatic N) is 2. The number of hydrogen-bond acceptors (Lipinski definition) is 5. The van der Waals surface area contributed by atoms with Gasteiger partial charge in [-0.3, -0.25) is 10.2 Å². The first kappa shape index (κ1) is 8.41. The second-order valence-electron chi connectivity index (χ2n) is 1.92. The number of nitrogens with one attached hydrogen (secondary N) is 1. The number of carbonyl (C=O) groups is 1. The van der Waals surface area contributed by atoms with E-state index >= 15 is 0 Å². The summed E-state index contributed by atoms with van der Waals surface area (Å²) in [5.41, 5.74) is 1.91. The minimum absolute atomic E-state index is 0.0123. The molecule has 1 rings (SSSR count). The first-order valence-electron chi connectivity index (χ1n) is 3.15. The van der Waals surface area contributed by atoms with Crippen LogP contribution in [0, 0.1) is 0 Å². The second kappa shape index (κ2) is 3.63. The van der Waals surface area contributed by atoms with E-state index < -0.39 is 5.91 Å². The van der Waals surface area contributed by atoms with E-state index in [2.05, 4.69) is 9.97 Å². The molecule has 0 unspecified atom stereocenters. The van der Waals surface area contributed by atoms with Gasteiger partial charge >= 0.3 is 5.91 Å². The summed E-state index contributed by atoms with van der Waals surface area (Å²) in [6, 6.07) is 0. The number of amides is 1. The summed E-state index contributed by atoms with van der Waals surface area (Å²) < 4.78 is 4.79. The standard InChI is InChI=1S/C6H8N4O2/c1-12-4-2-8-5(9-3-4)6(11)10-7/h2-3H,7H2,1H3,(H,10,11). The Kier molecular flexibility index (Phi) is 2.54. The Bertz CT molecular complexity index is 271. The van der Waals surface area contributed by atoms with Crippen LogP contribution >= 0.6 is 0 Å². The van der Waals surface area contributed by atoms with Crippen molar-refractivity contribution in [3.8, 4) is 5.75 Å². The lowest BCUT2D eigenvalue weighted by Gasteiger charge is -1.99. The summed E-state index contributed by atoms with van der Waals surface area (Å²) in [5.74, 6) is 4.84. The van der Waals surface area contributed by atoms with Crippen LogP contribution in [0.5, 0.6) is 5.75 Å². The van der Waals surface area contributed by atoms with E-state index in [0.717, 1.165) is 0 Å². The average Bonchev–Trinajstić information content (AvgIpc) is 2.17. The van der Waals surface area contributed by atoms with E-state index in [1.54, 1.807) is 0 Å². The minimum atomic E-state index is -0.530. The van der Waals surface area contributed by atoms with Crippen LogP contribution in [0.3, 0.4) is 0 Å². The molecule has 0 spiro atoms.